The molecule has 1 aromatic carbocycles. The number of rotatable bonds is 3. The van der Waals surface area contributed by atoms with Crippen LogP contribution < -0.4 is 5.73 Å². The molecule has 1 amide bonds. The van der Waals surface area contributed by atoms with Crippen LogP contribution in [-0.2, 0) is 20.8 Å². The number of amides is 1. The molecule has 0 unspecified atom stereocenters. The zero-order valence-corrected chi connectivity index (χ0v) is 18.2. The average Bonchev–Trinajstić information content (AvgIpc) is 2.77. The average molecular weight is 461 g/mol. The van der Waals surface area contributed by atoms with Crippen LogP contribution in [0.15, 0.2) is 29.0 Å². The van der Waals surface area contributed by atoms with Crippen LogP contribution in [0.2, 0.25) is 0 Å². The molecule has 0 aliphatic heterocycles. The van der Waals surface area contributed by atoms with E-state index in [4.69, 9.17) is 12.2 Å². The van der Waals surface area contributed by atoms with E-state index in [-0.39, 0.29) is 36.1 Å². The summed E-state index contributed by atoms with van der Waals surface area (Å²) in [6.07, 6.45) is 7.09. The lowest BCUT2D eigenvalue weighted by atomic mass is 9.59. The number of hydrogen-bond donors (Lipinski definition) is 5. The number of benzene rings is 1. The summed E-state index contributed by atoms with van der Waals surface area (Å²) in [5, 5.41) is 43.3. The van der Waals surface area contributed by atoms with E-state index < -0.39 is 52.0 Å². The molecular weight excluding hydrogens is 438 g/mol. The molecule has 174 valence electrons. The number of hydrogen-bond acceptors (Lipinski definition) is 7. The molecular formula is C26H23NO7. The number of primary amides is 1. The minimum atomic E-state index is -2.57. The van der Waals surface area contributed by atoms with Crippen molar-refractivity contribution in [3.05, 3.63) is 45.7 Å². The number of aromatic hydroxyl groups is 1. The number of carbonyl (C=O) groups is 3. The molecule has 3 atom stereocenters. The highest BCUT2D eigenvalue weighted by Crippen LogP contribution is 2.52. The van der Waals surface area contributed by atoms with Crippen LogP contribution in [0.5, 0.6) is 5.75 Å². The number of nitrogens with two attached hydrogens (primary N) is 1. The monoisotopic (exact) mass is 461 g/mol. The summed E-state index contributed by atoms with van der Waals surface area (Å²) in [6.45, 7) is 0. The van der Waals surface area contributed by atoms with E-state index in [1.54, 1.807) is 6.07 Å². The Kier molecular flexibility index (Phi) is 5.72. The number of phenolic OH excluding ortho intramolecular Hbond substituents is 1. The lowest BCUT2D eigenvalue weighted by Crippen LogP contribution is -2.58. The second-order valence-corrected chi connectivity index (χ2v) is 8.75. The normalized spacial score (nSPS) is 25.5. The number of Topliss-reactive ketones (excluding diaryl/α,β-unsaturated/α-hetero) is 2. The second kappa shape index (κ2) is 8.40. The quantitative estimate of drug-likeness (QED) is 0.260. The summed E-state index contributed by atoms with van der Waals surface area (Å²) in [6, 6.07) is 2.98. The molecule has 0 bridgehead atoms. The maximum absolute atomic E-state index is 13.4. The number of terminal acetylenes is 1. The molecule has 34 heavy (non-hydrogen) atoms. The van der Waals surface area contributed by atoms with Crippen LogP contribution in [0.1, 0.15) is 48.8 Å². The van der Waals surface area contributed by atoms with Gasteiger partial charge in [-0.15, -0.1) is 12.3 Å². The van der Waals surface area contributed by atoms with Gasteiger partial charge in [0, 0.05) is 36.3 Å². The van der Waals surface area contributed by atoms with Crippen molar-refractivity contribution in [2.75, 3.05) is 0 Å². The van der Waals surface area contributed by atoms with Crippen LogP contribution in [0.4, 0.5) is 0 Å². The summed E-state index contributed by atoms with van der Waals surface area (Å²) in [5.41, 5.74) is 2.78. The van der Waals surface area contributed by atoms with E-state index in [2.05, 4.69) is 17.8 Å². The molecule has 8 nitrogen and oxygen atoms in total. The fourth-order valence-electron chi connectivity index (χ4n) is 5.18. The first-order chi connectivity index (χ1) is 16.1. The van der Waals surface area contributed by atoms with E-state index in [0.29, 0.717) is 24.0 Å². The topological polar surface area (TPSA) is 158 Å². The van der Waals surface area contributed by atoms with Crippen molar-refractivity contribution in [2.45, 2.75) is 44.1 Å². The first-order valence-corrected chi connectivity index (χ1v) is 10.9. The Hall–Kier alpha value is -4.01. The van der Waals surface area contributed by atoms with Gasteiger partial charge in [-0.3, -0.25) is 14.4 Å². The minimum Gasteiger partial charge on any atom is -0.508 e. The van der Waals surface area contributed by atoms with Gasteiger partial charge in [-0.2, -0.15) is 0 Å². The molecule has 6 N–H and O–H groups in total. The predicted molar refractivity (Wildman–Crippen MR) is 121 cm³/mol. The largest absolute Gasteiger partial charge is 0.508 e. The minimum absolute atomic E-state index is 0.0301. The van der Waals surface area contributed by atoms with Crippen molar-refractivity contribution in [1.29, 1.82) is 0 Å². The van der Waals surface area contributed by atoms with E-state index in [1.807, 2.05) is 0 Å². The number of aliphatic hydroxyl groups excluding tert-OH is 2. The van der Waals surface area contributed by atoms with Crippen molar-refractivity contribution < 1.29 is 34.8 Å². The Bertz CT molecular complexity index is 1300. The smallest absolute Gasteiger partial charge is 0.255 e. The lowest BCUT2D eigenvalue weighted by molar-refractivity contribution is -0.147. The van der Waals surface area contributed by atoms with E-state index >= 15 is 0 Å². The molecule has 3 aliphatic rings. The molecule has 0 saturated heterocycles. The third-order valence-corrected chi connectivity index (χ3v) is 6.79. The Balaban J connectivity index is 1.82. The molecule has 0 radical (unpaired) electrons. The third kappa shape index (κ3) is 3.35. The van der Waals surface area contributed by atoms with Crippen LogP contribution in [0, 0.1) is 36.0 Å². The molecule has 4 rings (SSSR count). The third-order valence-electron chi connectivity index (χ3n) is 6.79. The van der Waals surface area contributed by atoms with Gasteiger partial charge in [0.25, 0.3) is 5.91 Å². The van der Waals surface area contributed by atoms with Crippen molar-refractivity contribution >= 4 is 23.2 Å². The van der Waals surface area contributed by atoms with Gasteiger partial charge in [0.2, 0.25) is 5.78 Å². The van der Waals surface area contributed by atoms with Crippen molar-refractivity contribution in [2.24, 2.45) is 17.6 Å². The Morgan fingerprint density at radius 3 is 2.59 bits per heavy atom. The summed E-state index contributed by atoms with van der Waals surface area (Å²) in [4.78, 5) is 37.5. The molecule has 1 aromatic rings. The first kappa shape index (κ1) is 23.2. The second-order valence-electron chi connectivity index (χ2n) is 8.75. The number of phenols is 1. The highest BCUT2D eigenvalue weighted by molar-refractivity contribution is 6.22. The van der Waals surface area contributed by atoms with Crippen LogP contribution in [-0.4, -0.2) is 43.5 Å². The van der Waals surface area contributed by atoms with E-state index in [1.165, 1.54) is 6.07 Å². The Morgan fingerprint density at radius 1 is 1.18 bits per heavy atom. The maximum Gasteiger partial charge on any atom is 0.255 e. The van der Waals surface area contributed by atoms with Gasteiger partial charge in [0.1, 0.15) is 22.8 Å². The Labute approximate surface area is 195 Å². The summed E-state index contributed by atoms with van der Waals surface area (Å²) in [5.74, 6) is 2.09. The number of aliphatic hydroxyl groups is 3. The van der Waals surface area contributed by atoms with Crippen molar-refractivity contribution in [1.82, 2.24) is 0 Å². The van der Waals surface area contributed by atoms with E-state index in [9.17, 15) is 34.8 Å². The molecule has 8 heteroatoms. The standard InChI is InChI=1S/C26H23NO7/c1-2-3-4-5-6-7-13-8-9-17(28)20-16(13)11-14-10-15-12-18(29)21(25(27)33)24(32)26(15,34)23(31)19(14)22(20)30/h1,8-9,14-15,28,30,32,34H,3-5,10-12H2,(H2,27,33)/t14-,15+,26+/m1/s1. The number of fused-ring (bicyclic) bond motifs is 3. The number of ketones is 2. The molecule has 0 heterocycles. The van der Waals surface area contributed by atoms with E-state index in [0.717, 1.165) is 6.42 Å². The first-order valence-electron chi connectivity index (χ1n) is 10.9. The van der Waals surface area contributed by atoms with Gasteiger partial charge in [0.15, 0.2) is 11.4 Å². The SMILES string of the molecule is C#CCCCC#Cc1ccc(O)c2c1C[C@H]1C[C@H]3CC(=O)C(C(N)=O)=C(O)[C@@]3(O)C(=O)C1=C2O. The highest BCUT2D eigenvalue weighted by atomic mass is 16.3. The van der Waals surface area contributed by atoms with Gasteiger partial charge in [0.05, 0.1) is 5.56 Å². The lowest BCUT2D eigenvalue weighted by Gasteiger charge is -2.46. The predicted octanol–water partition coefficient (Wildman–Crippen LogP) is 1.58. The van der Waals surface area contributed by atoms with Crippen LogP contribution >= 0.6 is 0 Å². The molecule has 3 aliphatic carbocycles. The van der Waals surface area contributed by atoms with Gasteiger partial charge in [-0.1, -0.05) is 11.8 Å². The fourth-order valence-corrected chi connectivity index (χ4v) is 5.18. The number of unbranched alkanes of at least 4 members (excludes halogenated alkanes) is 2. The molecule has 1 saturated carbocycles. The zero-order chi connectivity index (χ0) is 24.8. The number of carbonyl (C=O) groups excluding carboxylic acids is 3. The van der Waals surface area contributed by atoms with Crippen LogP contribution in [0.3, 0.4) is 0 Å². The highest BCUT2D eigenvalue weighted by Gasteiger charge is 2.60. The molecule has 0 spiro atoms. The molecule has 0 aromatic heterocycles. The van der Waals surface area contributed by atoms with Crippen molar-refractivity contribution in [3.8, 4) is 29.9 Å². The maximum atomic E-state index is 13.4. The van der Waals surface area contributed by atoms with Crippen molar-refractivity contribution in [3.63, 3.8) is 0 Å². The summed E-state index contributed by atoms with van der Waals surface area (Å²) < 4.78 is 0. The Morgan fingerprint density at radius 2 is 1.91 bits per heavy atom. The van der Waals surface area contributed by atoms with Gasteiger partial charge >= 0.3 is 0 Å². The fraction of sp³-hybridized carbons (Fsp3) is 0.346. The van der Waals surface area contributed by atoms with Crippen LogP contribution in [0.25, 0.3) is 5.76 Å². The van der Waals surface area contributed by atoms with Gasteiger partial charge < -0.3 is 26.2 Å². The summed E-state index contributed by atoms with van der Waals surface area (Å²) in [7, 11) is 0. The zero-order valence-electron chi connectivity index (χ0n) is 18.2. The summed E-state index contributed by atoms with van der Waals surface area (Å²) >= 11 is 0. The molecule has 1 fully saturated rings. The van der Waals surface area contributed by atoms with Gasteiger partial charge in [-0.25, -0.2) is 0 Å². The van der Waals surface area contributed by atoms with Gasteiger partial charge in [-0.05, 0) is 42.9 Å².